The highest BCUT2D eigenvalue weighted by Crippen LogP contribution is 2.68. The van der Waals surface area contributed by atoms with Crippen molar-refractivity contribution >= 4 is 22.1 Å². The van der Waals surface area contributed by atoms with Crippen molar-refractivity contribution in [1.82, 2.24) is 0 Å². The number of phenolic OH excluding ortho intramolecular Hbond substituents is 1. The molecule has 2 N–H and O–H groups in total. The van der Waals surface area contributed by atoms with Crippen LogP contribution in [0.3, 0.4) is 0 Å². The summed E-state index contributed by atoms with van der Waals surface area (Å²) in [6.07, 6.45) is 14.5. The predicted molar refractivity (Wildman–Crippen MR) is 136 cm³/mol. The lowest BCUT2D eigenvalue weighted by Crippen LogP contribution is -2.56. The number of halogens is 1. The van der Waals surface area contributed by atoms with E-state index in [1.807, 2.05) is 6.07 Å². The van der Waals surface area contributed by atoms with Gasteiger partial charge < -0.3 is 14.9 Å². The van der Waals surface area contributed by atoms with Gasteiger partial charge in [-0.2, -0.15) is 0 Å². The first-order valence-corrected chi connectivity index (χ1v) is 13.8. The van der Waals surface area contributed by atoms with Crippen molar-refractivity contribution in [3.05, 3.63) is 22.2 Å². The van der Waals surface area contributed by atoms with Gasteiger partial charge >= 0.3 is 0 Å². The maximum Gasteiger partial charge on any atom is 0.166 e. The number of aliphatic hydroxyl groups is 1. The number of fused-ring (bicyclic) bond motifs is 5. The molecule has 5 rings (SSSR count). The third-order valence-corrected chi connectivity index (χ3v) is 11.2. The van der Waals surface area contributed by atoms with Crippen molar-refractivity contribution < 1.29 is 14.9 Å². The summed E-state index contributed by atoms with van der Waals surface area (Å²) in [6, 6.07) is 3.57. The highest BCUT2D eigenvalue weighted by atomic mass is 79.9. The quantitative estimate of drug-likeness (QED) is 0.434. The van der Waals surface area contributed by atoms with Crippen LogP contribution in [0.4, 0.5) is 0 Å². The molecule has 7 atom stereocenters. The molecule has 33 heavy (non-hydrogen) atoms. The minimum absolute atomic E-state index is 0.0691. The predicted octanol–water partition coefficient (Wildman–Crippen LogP) is 6.75. The summed E-state index contributed by atoms with van der Waals surface area (Å²) in [5, 5.41) is 22.4. The number of aliphatic imine (C=N–C) groups is 1. The number of phenols is 1. The largest absolute Gasteiger partial charge is 0.504 e. The van der Waals surface area contributed by atoms with E-state index >= 15 is 0 Å². The molecular formula is C28H40BrNO3. The molecule has 182 valence electrons. The zero-order valence-corrected chi connectivity index (χ0v) is 22.0. The van der Waals surface area contributed by atoms with Crippen LogP contribution in [0.1, 0.15) is 83.6 Å². The Bertz CT molecular complexity index is 934. The maximum atomic E-state index is 11.9. The van der Waals surface area contributed by atoms with Crippen molar-refractivity contribution in [3.8, 4) is 11.5 Å². The molecular weight excluding hydrogens is 478 g/mol. The second-order valence-electron chi connectivity index (χ2n) is 11.9. The van der Waals surface area contributed by atoms with Gasteiger partial charge in [0.1, 0.15) is 0 Å². The zero-order valence-electron chi connectivity index (χ0n) is 20.4. The van der Waals surface area contributed by atoms with E-state index in [4.69, 9.17) is 4.74 Å². The lowest BCUT2D eigenvalue weighted by Gasteiger charge is -2.61. The Hall–Kier alpha value is -1.07. The number of ether oxygens (including phenoxy) is 1. The van der Waals surface area contributed by atoms with Crippen LogP contribution in [0, 0.1) is 34.5 Å². The average molecular weight is 519 g/mol. The molecule has 0 saturated heterocycles. The third-order valence-electron chi connectivity index (χ3n) is 10.8. The van der Waals surface area contributed by atoms with E-state index in [-0.39, 0.29) is 11.2 Å². The summed E-state index contributed by atoms with van der Waals surface area (Å²) in [5.41, 5.74) is 0.297. The van der Waals surface area contributed by atoms with Crippen molar-refractivity contribution in [3.63, 3.8) is 0 Å². The first-order chi connectivity index (χ1) is 15.7. The third kappa shape index (κ3) is 3.67. The van der Waals surface area contributed by atoms with Gasteiger partial charge in [-0.05, 0) is 92.6 Å². The van der Waals surface area contributed by atoms with Crippen LogP contribution < -0.4 is 4.74 Å². The Balaban J connectivity index is 1.35. The Morgan fingerprint density at radius 1 is 1.06 bits per heavy atom. The van der Waals surface area contributed by atoms with Crippen molar-refractivity contribution in [2.45, 2.75) is 83.7 Å². The highest BCUT2D eigenvalue weighted by molar-refractivity contribution is 9.10. The lowest BCUT2D eigenvalue weighted by molar-refractivity contribution is -0.147. The molecule has 5 heteroatoms. The van der Waals surface area contributed by atoms with E-state index in [0.29, 0.717) is 29.2 Å². The summed E-state index contributed by atoms with van der Waals surface area (Å²) < 4.78 is 6.09. The minimum atomic E-state index is -0.769. The lowest BCUT2D eigenvalue weighted by atomic mass is 9.44. The molecule has 1 aromatic carbocycles. The maximum absolute atomic E-state index is 11.9. The summed E-state index contributed by atoms with van der Waals surface area (Å²) in [7, 11) is 1.54. The highest BCUT2D eigenvalue weighted by Gasteiger charge is 2.64. The van der Waals surface area contributed by atoms with Crippen molar-refractivity contribution in [1.29, 1.82) is 0 Å². The standard InChI is InChI=1S/C28H40BrNO3/c1-26-11-5-4-6-19(26)7-8-21-22(26)9-12-27(2)23(21)10-13-28(27,32)17-30-16-18-14-20(29)15-24(33-3)25(18)31/h14-16,19,21-23,31-32H,4-13,17H2,1-3H3/t19-,21-,22+,23-,26+,27+,28-/m1/s1. The van der Waals surface area contributed by atoms with Gasteiger partial charge in [0.05, 0.1) is 19.3 Å². The molecule has 4 aliphatic carbocycles. The molecule has 4 saturated carbocycles. The van der Waals surface area contributed by atoms with Crippen molar-refractivity contribution in [2.75, 3.05) is 13.7 Å². The monoisotopic (exact) mass is 517 g/mol. The second kappa shape index (κ2) is 8.55. The second-order valence-corrected chi connectivity index (χ2v) is 12.9. The van der Waals surface area contributed by atoms with E-state index in [2.05, 4.69) is 34.8 Å². The number of nitrogens with zero attached hydrogens (tertiary/aromatic N) is 1. The summed E-state index contributed by atoms with van der Waals surface area (Å²) >= 11 is 3.47. The van der Waals surface area contributed by atoms with Gasteiger partial charge in [-0.15, -0.1) is 0 Å². The SMILES string of the molecule is COc1cc(Br)cc(C=NC[C@]2(O)CC[C@@H]3[C@@H]4CC[C@H]5CCCC[C@]5(C)[C@H]4CC[C@@]32C)c1O. The average Bonchev–Trinajstić information content (AvgIpc) is 3.06. The molecule has 0 unspecified atom stereocenters. The fraction of sp³-hybridized carbons (Fsp3) is 0.750. The molecule has 0 bridgehead atoms. The molecule has 0 aliphatic heterocycles. The van der Waals surface area contributed by atoms with Crippen LogP contribution >= 0.6 is 15.9 Å². The Morgan fingerprint density at radius 2 is 1.85 bits per heavy atom. The normalized spacial score (nSPS) is 42.6. The number of aromatic hydroxyl groups is 1. The number of hydrogen-bond donors (Lipinski definition) is 2. The number of rotatable bonds is 4. The smallest absolute Gasteiger partial charge is 0.166 e. The Morgan fingerprint density at radius 3 is 2.64 bits per heavy atom. The van der Waals surface area contributed by atoms with Gasteiger partial charge in [0.2, 0.25) is 0 Å². The summed E-state index contributed by atoms with van der Waals surface area (Å²) in [4.78, 5) is 4.68. The van der Waals surface area contributed by atoms with Crippen LogP contribution in [0.2, 0.25) is 0 Å². The Labute approximate surface area is 207 Å². The van der Waals surface area contributed by atoms with E-state index in [9.17, 15) is 10.2 Å². The zero-order chi connectivity index (χ0) is 23.4. The summed E-state index contributed by atoms with van der Waals surface area (Å²) in [5.74, 6) is 3.64. The van der Waals surface area contributed by atoms with Crippen LogP contribution in [0.25, 0.3) is 0 Å². The van der Waals surface area contributed by atoms with Crippen LogP contribution in [-0.4, -0.2) is 35.7 Å². The molecule has 0 aromatic heterocycles. The molecule has 4 aliphatic rings. The van der Waals surface area contributed by atoms with Gasteiger partial charge in [-0.3, -0.25) is 4.99 Å². The number of hydrogen-bond acceptors (Lipinski definition) is 4. The summed E-state index contributed by atoms with van der Waals surface area (Å²) in [6.45, 7) is 5.36. The van der Waals surface area contributed by atoms with Crippen LogP contribution in [0.5, 0.6) is 11.5 Å². The van der Waals surface area contributed by atoms with E-state index in [1.54, 1.807) is 19.4 Å². The number of methoxy groups -OCH3 is 1. The van der Waals surface area contributed by atoms with E-state index in [0.717, 1.165) is 41.5 Å². The first-order valence-electron chi connectivity index (χ1n) is 13.0. The molecule has 0 heterocycles. The fourth-order valence-corrected chi connectivity index (χ4v) is 9.26. The van der Waals surface area contributed by atoms with E-state index < -0.39 is 5.60 Å². The molecule has 4 fully saturated rings. The topological polar surface area (TPSA) is 62.0 Å². The van der Waals surface area contributed by atoms with Gasteiger partial charge in [-0.1, -0.05) is 42.6 Å². The molecule has 0 amide bonds. The number of benzene rings is 1. The van der Waals surface area contributed by atoms with Gasteiger partial charge in [0.15, 0.2) is 11.5 Å². The van der Waals surface area contributed by atoms with Gasteiger partial charge in [0.25, 0.3) is 0 Å². The van der Waals surface area contributed by atoms with Crippen molar-refractivity contribution in [2.24, 2.45) is 39.5 Å². The molecule has 0 radical (unpaired) electrons. The van der Waals surface area contributed by atoms with Gasteiger partial charge in [-0.25, -0.2) is 0 Å². The Kier molecular flexibility index (Phi) is 6.13. The van der Waals surface area contributed by atoms with E-state index in [1.165, 1.54) is 44.9 Å². The molecule has 4 nitrogen and oxygen atoms in total. The molecule has 0 spiro atoms. The minimum Gasteiger partial charge on any atom is -0.504 e. The van der Waals surface area contributed by atoms with Crippen LogP contribution in [-0.2, 0) is 0 Å². The van der Waals surface area contributed by atoms with Crippen LogP contribution in [0.15, 0.2) is 21.6 Å². The van der Waals surface area contributed by atoms with Gasteiger partial charge in [0, 0.05) is 21.7 Å². The fourth-order valence-electron chi connectivity index (χ4n) is 8.81. The molecule has 1 aromatic rings. The first kappa shape index (κ1) is 23.7.